The van der Waals surface area contributed by atoms with Crippen molar-refractivity contribution in [2.24, 2.45) is 0 Å². The molecule has 0 aliphatic carbocycles. The Morgan fingerprint density at radius 3 is 1.45 bits per heavy atom. The van der Waals surface area contributed by atoms with Crippen LogP contribution in [-0.2, 0) is 14.4 Å². The van der Waals surface area contributed by atoms with Crippen LogP contribution in [0.5, 0.6) is 0 Å². The summed E-state index contributed by atoms with van der Waals surface area (Å²) in [7, 11) is 0. The second-order valence-electron chi connectivity index (χ2n) is 7.69. The van der Waals surface area contributed by atoms with Crippen LogP contribution >= 0.6 is 0 Å². The molecule has 2 bridgehead atoms. The largest absolute Gasteiger partial charge is 0.480 e. The van der Waals surface area contributed by atoms with E-state index < -0.39 is 17.9 Å². The Morgan fingerprint density at radius 1 is 0.621 bits per heavy atom. The highest BCUT2D eigenvalue weighted by molar-refractivity contribution is 5.72. The summed E-state index contributed by atoms with van der Waals surface area (Å²) in [6.07, 6.45) is 0. The lowest BCUT2D eigenvalue weighted by atomic mass is 10.3. The smallest absolute Gasteiger partial charge is 0.317 e. The van der Waals surface area contributed by atoms with Crippen LogP contribution in [-0.4, -0.2) is 156 Å². The minimum absolute atomic E-state index is 0.0663. The average Bonchev–Trinajstić information content (AvgIpc) is 2.77. The summed E-state index contributed by atoms with van der Waals surface area (Å²) in [5.41, 5.74) is 0. The molecule has 2 atom stereocenters. The van der Waals surface area contributed by atoms with Gasteiger partial charge >= 0.3 is 17.9 Å². The molecule has 0 aromatic carbocycles. The predicted molar refractivity (Wildman–Crippen MR) is 105 cm³/mol. The molecule has 0 spiro atoms. The molecule has 3 N–H and O–H groups in total. The zero-order valence-electron chi connectivity index (χ0n) is 16.9. The maximum Gasteiger partial charge on any atom is 0.317 e. The van der Waals surface area contributed by atoms with Crippen LogP contribution in [0, 0.1) is 0 Å². The minimum atomic E-state index is -1.03. The summed E-state index contributed by atoms with van der Waals surface area (Å²) in [6.45, 7) is 8.85. The Kier molecular flexibility index (Phi) is 9.74. The molecule has 29 heavy (non-hydrogen) atoms. The van der Waals surface area contributed by atoms with Gasteiger partial charge in [0.1, 0.15) is 0 Å². The average molecular weight is 415 g/mol. The molecule has 0 aromatic heterocycles. The number of aliphatic carboxylic acids is 3. The second-order valence-corrected chi connectivity index (χ2v) is 7.69. The van der Waals surface area contributed by atoms with Crippen molar-refractivity contribution in [3.8, 4) is 0 Å². The third-order valence-corrected chi connectivity index (χ3v) is 5.47. The van der Waals surface area contributed by atoms with Crippen molar-refractivity contribution in [2.45, 2.75) is 0 Å². The molecule has 11 nitrogen and oxygen atoms in total. The standard InChI is InChI=1S/C18H33N5O6/c24-16(25)13-22-10-7-19-1-2-20(8-11-22)4-6-21(5-3-19)9-12-23(14-17(26)27)15-18(28)29/h1-15H2,(H,24,25)(H,26,27)(H,28,29). The Balaban J connectivity index is 1.92. The molecular formula is C18H33N5O6. The van der Waals surface area contributed by atoms with E-state index >= 15 is 0 Å². The third-order valence-electron chi connectivity index (χ3n) is 5.47. The molecule has 11 heteroatoms. The SMILES string of the molecule is O=C(O)CN1CCN2CCN(CCN(CCN(CC(=O)O)CC(=O)O)CC2)CC1. The van der Waals surface area contributed by atoms with E-state index in [0.29, 0.717) is 13.1 Å². The molecule has 0 saturated carbocycles. The van der Waals surface area contributed by atoms with Gasteiger partial charge in [-0.1, -0.05) is 0 Å². The highest BCUT2D eigenvalue weighted by atomic mass is 16.4. The topological polar surface area (TPSA) is 128 Å². The maximum absolute atomic E-state index is 11.1. The molecule has 0 radical (unpaired) electrons. The second kappa shape index (κ2) is 12.0. The highest BCUT2D eigenvalue weighted by Crippen LogP contribution is 2.05. The van der Waals surface area contributed by atoms with Crippen LogP contribution in [0.1, 0.15) is 0 Å². The Morgan fingerprint density at radius 2 is 1.03 bits per heavy atom. The monoisotopic (exact) mass is 415 g/mol. The van der Waals surface area contributed by atoms with Gasteiger partial charge in [0.15, 0.2) is 0 Å². The number of carboxylic acid groups (broad SMARTS) is 3. The van der Waals surface area contributed by atoms with Crippen LogP contribution in [0.4, 0.5) is 0 Å². The Hall–Kier alpha value is -1.79. The molecule has 2 aliphatic heterocycles. The first-order valence-corrected chi connectivity index (χ1v) is 10.1. The van der Waals surface area contributed by atoms with Crippen LogP contribution in [0.25, 0.3) is 0 Å². The van der Waals surface area contributed by atoms with Crippen molar-refractivity contribution in [3.05, 3.63) is 0 Å². The number of hydrogen-bond acceptors (Lipinski definition) is 8. The van der Waals surface area contributed by atoms with Gasteiger partial charge in [-0.15, -0.1) is 0 Å². The lowest BCUT2D eigenvalue weighted by Gasteiger charge is -2.30. The van der Waals surface area contributed by atoms with Crippen LogP contribution in [0.2, 0.25) is 0 Å². The number of rotatable bonds is 9. The van der Waals surface area contributed by atoms with Gasteiger partial charge in [0, 0.05) is 78.5 Å². The van der Waals surface area contributed by atoms with E-state index in [1.807, 2.05) is 4.90 Å². The summed E-state index contributed by atoms with van der Waals surface area (Å²) in [5.74, 6) is -2.85. The van der Waals surface area contributed by atoms with E-state index in [-0.39, 0.29) is 19.6 Å². The van der Waals surface area contributed by atoms with Gasteiger partial charge in [0.25, 0.3) is 0 Å². The van der Waals surface area contributed by atoms with Gasteiger partial charge in [-0.05, 0) is 0 Å². The lowest BCUT2D eigenvalue weighted by molar-refractivity contribution is -0.142. The molecule has 2 fully saturated rings. The summed E-state index contributed by atoms with van der Waals surface area (Å²) in [5, 5.41) is 27.1. The quantitative estimate of drug-likeness (QED) is 0.379. The molecule has 2 heterocycles. The Labute approximate surface area is 171 Å². The molecular weight excluding hydrogens is 382 g/mol. The van der Waals surface area contributed by atoms with E-state index in [4.69, 9.17) is 15.3 Å². The molecule has 0 aromatic rings. The number of nitrogens with zero attached hydrogens (tertiary/aromatic N) is 5. The number of carboxylic acids is 3. The van der Waals surface area contributed by atoms with Gasteiger partial charge in [0.05, 0.1) is 19.6 Å². The summed E-state index contributed by atoms with van der Waals surface area (Å²) < 4.78 is 0. The molecule has 2 rings (SSSR count). The van der Waals surface area contributed by atoms with Gasteiger partial charge in [-0.25, -0.2) is 0 Å². The fourth-order valence-corrected chi connectivity index (χ4v) is 3.76. The normalized spacial score (nSPS) is 24.7. The number of carbonyl (C=O) groups is 3. The van der Waals surface area contributed by atoms with Crippen LogP contribution < -0.4 is 0 Å². The van der Waals surface area contributed by atoms with Crippen molar-refractivity contribution < 1.29 is 29.7 Å². The maximum atomic E-state index is 11.1. The van der Waals surface area contributed by atoms with Crippen LogP contribution in [0.3, 0.4) is 0 Å². The van der Waals surface area contributed by atoms with E-state index in [9.17, 15) is 14.4 Å². The van der Waals surface area contributed by atoms with E-state index in [2.05, 4.69) is 14.7 Å². The fraction of sp³-hybridized carbons (Fsp3) is 0.833. The summed E-state index contributed by atoms with van der Waals surface area (Å²) in [4.78, 5) is 43.4. The van der Waals surface area contributed by atoms with Crippen molar-refractivity contribution in [2.75, 3.05) is 98.2 Å². The highest BCUT2D eigenvalue weighted by Gasteiger charge is 2.22. The van der Waals surface area contributed by atoms with E-state index in [1.54, 1.807) is 0 Å². The fourth-order valence-electron chi connectivity index (χ4n) is 3.76. The third kappa shape index (κ3) is 9.50. The first-order valence-electron chi connectivity index (χ1n) is 10.1. The zero-order valence-corrected chi connectivity index (χ0v) is 16.9. The van der Waals surface area contributed by atoms with Crippen molar-refractivity contribution >= 4 is 17.9 Å². The van der Waals surface area contributed by atoms with Gasteiger partial charge in [-0.3, -0.25) is 38.9 Å². The molecule has 2 unspecified atom stereocenters. The Bertz CT molecular complexity index is 527. The van der Waals surface area contributed by atoms with Gasteiger partial charge in [0.2, 0.25) is 0 Å². The van der Waals surface area contributed by atoms with Gasteiger partial charge in [-0.2, -0.15) is 0 Å². The summed E-state index contributed by atoms with van der Waals surface area (Å²) >= 11 is 0. The van der Waals surface area contributed by atoms with Gasteiger partial charge < -0.3 is 15.3 Å². The van der Waals surface area contributed by atoms with E-state index in [1.165, 1.54) is 4.90 Å². The molecule has 2 aliphatic rings. The minimum Gasteiger partial charge on any atom is -0.480 e. The lowest BCUT2D eigenvalue weighted by Crippen LogP contribution is -2.45. The molecule has 2 saturated heterocycles. The summed E-state index contributed by atoms with van der Waals surface area (Å²) in [6, 6.07) is 0. The molecule has 166 valence electrons. The zero-order chi connectivity index (χ0) is 21.2. The van der Waals surface area contributed by atoms with Crippen molar-refractivity contribution in [1.82, 2.24) is 24.5 Å². The van der Waals surface area contributed by atoms with E-state index in [0.717, 1.165) is 65.4 Å². The number of fused-ring (bicyclic) bond motifs is 3. The first kappa shape index (κ1) is 23.5. The van der Waals surface area contributed by atoms with Crippen molar-refractivity contribution in [1.29, 1.82) is 0 Å². The predicted octanol–water partition coefficient (Wildman–Crippen LogP) is -2.22. The van der Waals surface area contributed by atoms with Crippen molar-refractivity contribution in [3.63, 3.8) is 0 Å². The first-order chi connectivity index (χ1) is 13.8. The molecule has 0 amide bonds. The van der Waals surface area contributed by atoms with Crippen LogP contribution in [0.15, 0.2) is 0 Å². The number of hydrogen-bond donors (Lipinski definition) is 3.